The Kier molecular flexibility index (Phi) is 5.96. The van der Waals surface area contributed by atoms with Crippen molar-refractivity contribution in [1.29, 1.82) is 0 Å². The molecular weight excluding hydrogens is 258 g/mol. The second-order valence-electron chi connectivity index (χ2n) is 4.90. The average molecular weight is 279 g/mol. The van der Waals surface area contributed by atoms with Gasteiger partial charge < -0.3 is 11.1 Å². The molecule has 0 heterocycles. The number of carbonyl (C=O) groups excluding carboxylic acids is 1. The molecule has 1 aromatic rings. The van der Waals surface area contributed by atoms with E-state index >= 15 is 0 Å². The molecule has 1 atom stereocenters. The predicted molar refractivity (Wildman–Crippen MR) is 78.6 cm³/mol. The van der Waals surface area contributed by atoms with E-state index in [2.05, 4.69) is 12.2 Å². The first kappa shape index (κ1) is 15.9. The van der Waals surface area contributed by atoms with Gasteiger partial charge in [0.05, 0.1) is 4.92 Å². The first-order valence-corrected chi connectivity index (χ1v) is 6.80. The number of unbranched alkanes of at least 4 members (excludes halogenated alkanes) is 2. The molecule has 1 amide bonds. The minimum Gasteiger partial charge on any atom is -0.393 e. The Balaban J connectivity index is 2.64. The normalized spacial score (nSPS) is 11.9. The number of rotatable bonds is 7. The number of nitro groups is 1. The molecule has 0 aliphatic carbocycles. The molecule has 3 N–H and O–H groups in total. The zero-order chi connectivity index (χ0) is 15.1. The lowest BCUT2D eigenvalue weighted by Crippen LogP contribution is -2.32. The number of carbonyl (C=O) groups is 1. The lowest BCUT2D eigenvalue weighted by Gasteiger charge is -2.13. The fourth-order valence-electron chi connectivity index (χ4n) is 1.94. The molecule has 6 nitrogen and oxygen atoms in total. The SMILES string of the molecule is CCCCCC(C)NC(=O)c1ccc([N+](=O)[O-])c(N)c1. The Morgan fingerprint density at radius 1 is 1.45 bits per heavy atom. The van der Waals surface area contributed by atoms with E-state index in [0.717, 1.165) is 25.7 Å². The third-order valence-corrected chi connectivity index (χ3v) is 3.10. The van der Waals surface area contributed by atoms with E-state index in [-0.39, 0.29) is 23.3 Å². The first-order valence-electron chi connectivity index (χ1n) is 6.80. The second kappa shape index (κ2) is 7.47. The van der Waals surface area contributed by atoms with Crippen LogP contribution >= 0.6 is 0 Å². The minimum atomic E-state index is -0.565. The molecule has 0 radical (unpaired) electrons. The predicted octanol–water partition coefficient (Wildman–Crippen LogP) is 2.88. The maximum atomic E-state index is 12.0. The molecule has 0 saturated carbocycles. The van der Waals surface area contributed by atoms with Crippen LogP contribution in [0.5, 0.6) is 0 Å². The molecule has 0 aliphatic heterocycles. The van der Waals surface area contributed by atoms with Gasteiger partial charge in [-0.2, -0.15) is 0 Å². The third-order valence-electron chi connectivity index (χ3n) is 3.10. The third kappa shape index (κ3) is 4.53. The van der Waals surface area contributed by atoms with Crippen molar-refractivity contribution in [1.82, 2.24) is 5.32 Å². The number of nitrogen functional groups attached to an aromatic ring is 1. The van der Waals surface area contributed by atoms with Crippen LogP contribution in [0.25, 0.3) is 0 Å². The summed E-state index contributed by atoms with van der Waals surface area (Å²) in [7, 11) is 0. The summed E-state index contributed by atoms with van der Waals surface area (Å²) in [6.45, 7) is 4.07. The van der Waals surface area contributed by atoms with Gasteiger partial charge in [0, 0.05) is 17.7 Å². The van der Waals surface area contributed by atoms with Crippen LogP contribution in [0, 0.1) is 10.1 Å². The van der Waals surface area contributed by atoms with E-state index in [0.29, 0.717) is 5.56 Å². The van der Waals surface area contributed by atoms with Gasteiger partial charge in [0.1, 0.15) is 5.69 Å². The molecule has 1 unspecified atom stereocenters. The Bertz CT molecular complexity index is 489. The van der Waals surface area contributed by atoms with Crippen LogP contribution in [0.1, 0.15) is 49.9 Å². The summed E-state index contributed by atoms with van der Waals surface area (Å²) in [5.41, 5.74) is 5.73. The number of hydrogen-bond donors (Lipinski definition) is 2. The molecular formula is C14H21N3O3. The number of amides is 1. The van der Waals surface area contributed by atoms with Crippen LogP contribution in [-0.2, 0) is 0 Å². The molecule has 0 aromatic heterocycles. The molecule has 1 rings (SSSR count). The van der Waals surface area contributed by atoms with Crippen molar-refractivity contribution in [3.8, 4) is 0 Å². The summed E-state index contributed by atoms with van der Waals surface area (Å²) < 4.78 is 0. The van der Waals surface area contributed by atoms with E-state index in [1.165, 1.54) is 18.2 Å². The summed E-state index contributed by atoms with van der Waals surface area (Å²) >= 11 is 0. The molecule has 0 bridgehead atoms. The molecule has 110 valence electrons. The van der Waals surface area contributed by atoms with E-state index in [9.17, 15) is 14.9 Å². The number of nitrogens with one attached hydrogen (secondary N) is 1. The summed E-state index contributed by atoms with van der Waals surface area (Å²) in [4.78, 5) is 22.1. The Hall–Kier alpha value is -2.11. The van der Waals surface area contributed by atoms with Gasteiger partial charge in [0.25, 0.3) is 11.6 Å². The molecule has 6 heteroatoms. The fourth-order valence-corrected chi connectivity index (χ4v) is 1.94. The summed E-state index contributed by atoms with van der Waals surface area (Å²) in [5.74, 6) is -0.254. The van der Waals surface area contributed by atoms with Gasteiger partial charge in [0.15, 0.2) is 0 Å². The average Bonchev–Trinajstić information content (AvgIpc) is 2.38. The van der Waals surface area contributed by atoms with Crippen LogP contribution in [0.4, 0.5) is 11.4 Å². The van der Waals surface area contributed by atoms with Gasteiger partial charge in [0.2, 0.25) is 0 Å². The summed E-state index contributed by atoms with van der Waals surface area (Å²) in [6, 6.07) is 4.09. The highest BCUT2D eigenvalue weighted by molar-refractivity contribution is 5.95. The van der Waals surface area contributed by atoms with E-state index in [4.69, 9.17) is 5.73 Å². The minimum absolute atomic E-state index is 0.00119. The number of anilines is 1. The topological polar surface area (TPSA) is 98.3 Å². The molecule has 0 saturated heterocycles. The maximum absolute atomic E-state index is 12.0. The van der Waals surface area contributed by atoms with Crippen LogP contribution in [0.15, 0.2) is 18.2 Å². The maximum Gasteiger partial charge on any atom is 0.292 e. The molecule has 0 aliphatic rings. The Labute approximate surface area is 118 Å². The van der Waals surface area contributed by atoms with Gasteiger partial charge in [-0.25, -0.2) is 0 Å². The largest absolute Gasteiger partial charge is 0.393 e. The quantitative estimate of drug-likeness (QED) is 0.347. The lowest BCUT2D eigenvalue weighted by molar-refractivity contribution is -0.383. The highest BCUT2D eigenvalue weighted by atomic mass is 16.6. The van der Waals surface area contributed by atoms with Crippen molar-refractivity contribution in [2.45, 2.75) is 45.6 Å². The molecule has 20 heavy (non-hydrogen) atoms. The van der Waals surface area contributed by atoms with Crippen molar-refractivity contribution >= 4 is 17.3 Å². The van der Waals surface area contributed by atoms with Crippen LogP contribution in [0.3, 0.4) is 0 Å². The fraction of sp³-hybridized carbons (Fsp3) is 0.500. The number of hydrogen-bond acceptors (Lipinski definition) is 4. The molecule has 0 fully saturated rings. The second-order valence-corrected chi connectivity index (χ2v) is 4.90. The van der Waals surface area contributed by atoms with Crippen molar-refractivity contribution in [2.24, 2.45) is 0 Å². The first-order chi connectivity index (χ1) is 9.45. The van der Waals surface area contributed by atoms with E-state index < -0.39 is 4.92 Å². The standard InChI is InChI=1S/C14H21N3O3/c1-3-4-5-6-10(2)16-14(18)11-7-8-13(17(19)20)12(15)9-11/h7-10H,3-6,15H2,1-2H3,(H,16,18). The van der Waals surface area contributed by atoms with Crippen molar-refractivity contribution < 1.29 is 9.72 Å². The monoisotopic (exact) mass is 279 g/mol. The zero-order valence-electron chi connectivity index (χ0n) is 11.9. The van der Waals surface area contributed by atoms with E-state index in [1.54, 1.807) is 0 Å². The number of nitro benzene ring substituents is 1. The highest BCUT2D eigenvalue weighted by Crippen LogP contribution is 2.22. The molecule has 0 spiro atoms. The number of nitrogens with two attached hydrogens (primary N) is 1. The highest BCUT2D eigenvalue weighted by Gasteiger charge is 2.15. The van der Waals surface area contributed by atoms with Gasteiger partial charge in [-0.3, -0.25) is 14.9 Å². The van der Waals surface area contributed by atoms with Gasteiger partial charge in [-0.1, -0.05) is 26.2 Å². The lowest BCUT2D eigenvalue weighted by atomic mass is 10.1. The van der Waals surface area contributed by atoms with Gasteiger partial charge in [-0.05, 0) is 25.5 Å². The van der Waals surface area contributed by atoms with Gasteiger partial charge >= 0.3 is 0 Å². The van der Waals surface area contributed by atoms with Gasteiger partial charge in [-0.15, -0.1) is 0 Å². The molecule has 1 aromatic carbocycles. The van der Waals surface area contributed by atoms with E-state index in [1.807, 2.05) is 6.92 Å². The Morgan fingerprint density at radius 3 is 2.70 bits per heavy atom. The Morgan fingerprint density at radius 2 is 2.15 bits per heavy atom. The smallest absolute Gasteiger partial charge is 0.292 e. The zero-order valence-corrected chi connectivity index (χ0v) is 11.9. The van der Waals surface area contributed by atoms with Crippen molar-refractivity contribution in [2.75, 3.05) is 5.73 Å². The van der Waals surface area contributed by atoms with Crippen LogP contribution in [-0.4, -0.2) is 16.9 Å². The summed E-state index contributed by atoms with van der Waals surface area (Å²) in [6.07, 6.45) is 4.27. The van der Waals surface area contributed by atoms with Crippen LogP contribution in [0.2, 0.25) is 0 Å². The number of benzene rings is 1. The van der Waals surface area contributed by atoms with Crippen molar-refractivity contribution in [3.05, 3.63) is 33.9 Å². The summed E-state index contributed by atoms with van der Waals surface area (Å²) in [5, 5.41) is 13.5. The number of nitrogens with zero attached hydrogens (tertiary/aromatic N) is 1. The van der Waals surface area contributed by atoms with Crippen LogP contribution < -0.4 is 11.1 Å². The van der Waals surface area contributed by atoms with Crippen molar-refractivity contribution in [3.63, 3.8) is 0 Å².